The number of likely N-dealkylation sites (tertiary alicyclic amines) is 1. The van der Waals surface area contributed by atoms with E-state index in [1.165, 1.54) is 5.56 Å². The molecule has 0 bridgehead atoms. The largest absolute Gasteiger partial charge is 0.478 e. The maximum Gasteiger partial charge on any atom is 0.213 e. The summed E-state index contributed by atoms with van der Waals surface area (Å²) in [7, 11) is 0. The van der Waals surface area contributed by atoms with Gasteiger partial charge in [0.2, 0.25) is 5.88 Å². The summed E-state index contributed by atoms with van der Waals surface area (Å²) in [5.41, 5.74) is 1.36. The van der Waals surface area contributed by atoms with Crippen molar-refractivity contribution in [2.75, 3.05) is 26.3 Å². The summed E-state index contributed by atoms with van der Waals surface area (Å²) < 4.78 is 14.1. The van der Waals surface area contributed by atoms with Crippen molar-refractivity contribution in [2.24, 2.45) is 5.92 Å². The van der Waals surface area contributed by atoms with E-state index in [0.29, 0.717) is 18.4 Å². The molecule has 2 aromatic heterocycles. The van der Waals surface area contributed by atoms with Gasteiger partial charge in [0.25, 0.3) is 0 Å². The van der Waals surface area contributed by atoms with Crippen molar-refractivity contribution in [3.8, 4) is 5.88 Å². The summed E-state index contributed by atoms with van der Waals surface area (Å²) in [5.74, 6) is 1.30. The zero-order valence-corrected chi connectivity index (χ0v) is 16.2. The maximum absolute atomic E-state index is 6.30. The minimum atomic E-state index is 0.0532. The van der Waals surface area contributed by atoms with Crippen LogP contribution in [0.5, 0.6) is 5.88 Å². The number of piperidine rings is 1. The van der Waals surface area contributed by atoms with Crippen LogP contribution in [0.4, 0.5) is 0 Å². The number of pyridine rings is 1. The molecule has 1 spiro atoms. The van der Waals surface area contributed by atoms with Gasteiger partial charge in [-0.2, -0.15) is 5.10 Å². The van der Waals surface area contributed by atoms with E-state index in [1.807, 2.05) is 29.1 Å². The van der Waals surface area contributed by atoms with Gasteiger partial charge in [0.1, 0.15) is 0 Å². The third-order valence-electron chi connectivity index (χ3n) is 6.07. The summed E-state index contributed by atoms with van der Waals surface area (Å²) in [5, 5.41) is 4.39. The van der Waals surface area contributed by atoms with Crippen LogP contribution in [0.2, 0.25) is 0 Å². The molecule has 1 unspecified atom stereocenters. The second-order valence-corrected chi connectivity index (χ2v) is 7.68. The molecule has 0 radical (unpaired) electrons. The molecule has 4 heterocycles. The zero-order chi connectivity index (χ0) is 18.5. The number of hydrogen-bond donors (Lipinski definition) is 0. The highest BCUT2D eigenvalue weighted by atomic mass is 16.5. The van der Waals surface area contributed by atoms with Crippen LogP contribution < -0.4 is 4.74 Å². The third-order valence-corrected chi connectivity index (χ3v) is 6.07. The van der Waals surface area contributed by atoms with E-state index in [9.17, 15) is 0 Å². The molecule has 2 saturated heterocycles. The van der Waals surface area contributed by atoms with Crippen molar-refractivity contribution in [1.82, 2.24) is 19.7 Å². The fraction of sp³-hybridized carbons (Fsp3) is 0.619. The topological polar surface area (TPSA) is 52.4 Å². The highest BCUT2D eigenvalue weighted by molar-refractivity contribution is 5.09. The Balaban J connectivity index is 1.27. The van der Waals surface area contributed by atoms with Gasteiger partial charge in [0.05, 0.1) is 18.4 Å². The Kier molecular flexibility index (Phi) is 5.74. The van der Waals surface area contributed by atoms with Crippen molar-refractivity contribution in [2.45, 2.75) is 51.3 Å². The average molecular weight is 370 g/mol. The predicted octanol–water partition coefficient (Wildman–Crippen LogP) is 3.14. The first-order chi connectivity index (χ1) is 13.3. The van der Waals surface area contributed by atoms with Crippen LogP contribution in [0, 0.1) is 5.92 Å². The van der Waals surface area contributed by atoms with Crippen LogP contribution in [0.1, 0.15) is 38.2 Å². The molecule has 2 aliphatic rings. The lowest BCUT2D eigenvalue weighted by Crippen LogP contribution is -2.47. The summed E-state index contributed by atoms with van der Waals surface area (Å²) in [6.45, 7) is 7.83. The lowest BCUT2D eigenvalue weighted by molar-refractivity contribution is -0.0709. The first-order valence-corrected chi connectivity index (χ1v) is 10.2. The predicted molar refractivity (Wildman–Crippen MR) is 104 cm³/mol. The Morgan fingerprint density at radius 2 is 2.19 bits per heavy atom. The van der Waals surface area contributed by atoms with Gasteiger partial charge >= 0.3 is 0 Å². The molecule has 0 saturated carbocycles. The highest BCUT2D eigenvalue weighted by Gasteiger charge is 2.45. The Labute approximate surface area is 161 Å². The van der Waals surface area contributed by atoms with Gasteiger partial charge in [0, 0.05) is 56.8 Å². The van der Waals surface area contributed by atoms with Crippen LogP contribution in [-0.4, -0.2) is 51.6 Å². The average Bonchev–Trinajstić information content (AvgIpc) is 3.32. The molecule has 6 heteroatoms. The lowest BCUT2D eigenvalue weighted by Gasteiger charge is -2.42. The second-order valence-electron chi connectivity index (χ2n) is 7.68. The Bertz CT molecular complexity index is 710. The number of hydrogen-bond acceptors (Lipinski definition) is 5. The molecule has 1 atom stereocenters. The Hall–Kier alpha value is -1.92. The van der Waals surface area contributed by atoms with Gasteiger partial charge in [-0.1, -0.05) is 6.07 Å². The van der Waals surface area contributed by atoms with E-state index >= 15 is 0 Å². The molecule has 2 fully saturated rings. The molecular formula is C21H30N4O2. The van der Waals surface area contributed by atoms with Crippen molar-refractivity contribution >= 4 is 0 Å². The third kappa shape index (κ3) is 4.33. The number of rotatable bonds is 7. The number of aryl methyl sites for hydroxylation is 1. The van der Waals surface area contributed by atoms with E-state index in [1.54, 1.807) is 6.20 Å². The molecule has 6 nitrogen and oxygen atoms in total. The molecular weight excluding hydrogens is 340 g/mol. The van der Waals surface area contributed by atoms with Gasteiger partial charge in [-0.15, -0.1) is 0 Å². The molecule has 146 valence electrons. The molecule has 2 aliphatic heterocycles. The molecule has 0 amide bonds. The molecule has 0 aromatic carbocycles. The smallest absolute Gasteiger partial charge is 0.213 e. The van der Waals surface area contributed by atoms with Crippen molar-refractivity contribution in [3.63, 3.8) is 0 Å². The first kappa shape index (κ1) is 18.4. The van der Waals surface area contributed by atoms with E-state index < -0.39 is 0 Å². The summed E-state index contributed by atoms with van der Waals surface area (Å²) in [6.07, 6.45) is 10.3. The lowest BCUT2D eigenvalue weighted by atomic mass is 9.78. The quantitative estimate of drug-likeness (QED) is 0.749. The first-order valence-electron chi connectivity index (χ1n) is 10.2. The number of ether oxygens (including phenoxy) is 2. The highest BCUT2D eigenvalue weighted by Crippen LogP contribution is 2.42. The van der Waals surface area contributed by atoms with Gasteiger partial charge in [-0.05, 0) is 44.6 Å². The second kappa shape index (κ2) is 8.40. The molecule has 0 aliphatic carbocycles. The van der Waals surface area contributed by atoms with Crippen LogP contribution in [0.25, 0.3) is 0 Å². The van der Waals surface area contributed by atoms with Crippen LogP contribution in [-0.2, 0) is 17.8 Å². The van der Waals surface area contributed by atoms with Gasteiger partial charge in [0.15, 0.2) is 0 Å². The summed E-state index contributed by atoms with van der Waals surface area (Å²) in [4.78, 5) is 6.77. The Morgan fingerprint density at radius 3 is 2.93 bits per heavy atom. The van der Waals surface area contributed by atoms with Crippen LogP contribution in [0.15, 0.2) is 36.8 Å². The molecule has 2 aromatic rings. The van der Waals surface area contributed by atoms with E-state index in [2.05, 4.69) is 28.1 Å². The minimum absolute atomic E-state index is 0.0532. The summed E-state index contributed by atoms with van der Waals surface area (Å²) >= 11 is 0. The van der Waals surface area contributed by atoms with E-state index in [0.717, 1.165) is 58.5 Å². The zero-order valence-electron chi connectivity index (χ0n) is 16.2. The van der Waals surface area contributed by atoms with Crippen molar-refractivity contribution in [1.29, 1.82) is 0 Å². The monoisotopic (exact) mass is 370 g/mol. The Morgan fingerprint density at radius 1 is 1.30 bits per heavy atom. The number of nitrogens with zero attached hydrogens (tertiary/aromatic N) is 4. The molecule has 27 heavy (non-hydrogen) atoms. The molecule has 4 rings (SSSR count). The van der Waals surface area contributed by atoms with E-state index in [-0.39, 0.29) is 5.60 Å². The SMILES string of the molecule is CCn1cc(CN2CCC3(CC2)OCCC3CCOc2ccccn2)cn1. The maximum atomic E-state index is 6.30. The fourth-order valence-electron chi connectivity index (χ4n) is 4.49. The van der Waals surface area contributed by atoms with E-state index in [4.69, 9.17) is 9.47 Å². The van der Waals surface area contributed by atoms with Crippen LogP contribution in [0.3, 0.4) is 0 Å². The number of aromatic nitrogens is 3. The van der Waals surface area contributed by atoms with Gasteiger partial charge in [-0.25, -0.2) is 4.98 Å². The standard InChI is InChI=1S/C21H30N4O2/c1-2-25-17-18(15-23-25)16-24-11-8-21(9-12-24)19(7-14-27-21)6-13-26-20-5-3-4-10-22-20/h3-5,10,15,17,19H,2,6-9,11-14,16H2,1H3. The van der Waals surface area contributed by atoms with Crippen molar-refractivity contribution in [3.05, 3.63) is 42.4 Å². The minimum Gasteiger partial charge on any atom is -0.478 e. The van der Waals surface area contributed by atoms with Crippen molar-refractivity contribution < 1.29 is 9.47 Å². The van der Waals surface area contributed by atoms with Crippen LogP contribution >= 0.6 is 0 Å². The van der Waals surface area contributed by atoms with Gasteiger partial charge in [-0.3, -0.25) is 9.58 Å². The normalized spacial score (nSPS) is 22.3. The fourth-order valence-corrected chi connectivity index (χ4v) is 4.49. The summed E-state index contributed by atoms with van der Waals surface area (Å²) in [6, 6.07) is 5.79. The molecule has 0 N–H and O–H groups in total. The van der Waals surface area contributed by atoms with Gasteiger partial charge < -0.3 is 9.47 Å².